The van der Waals surface area contributed by atoms with E-state index in [4.69, 9.17) is 4.74 Å². The summed E-state index contributed by atoms with van der Waals surface area (Å²) in [6, 6.07) is 0. The molecule has 0 radical (unpaired) electrons. The zero-order chi connectivity index (χ0) is 11.3. The quantitative estimate of drug-likeness (QED) is 0.527. The molecule has 0 amide bonds. The van der Waals surface area contributed by atoms with Crippen molar-refractivity contribution < 1.29 is 14.3 Å². The number of carbonyl (C=O) groups excluding carboxylic acids is 2. The van der Waals surface area contributed by atoms with Gasteiger partial charge in [0, 0.05) is 12.3 Å². The van der Waals surface area contributed by atoms with Crippen LogP contribution < -0.4 is 0 Å². The summed E-state index contributed by atoms with van der Waals surface area (Å²) in [6.45, 7) is 2.05. The second-order valence-corrected chi connectivity index (χ2v) is 3.86. The molecular formula is C12H18O3. The average Bonchev–Trinajstić information content (AvgIpc) is 2.60. The van der Waals surface area contributed by atoms with E-state index in [1.54, 1.807) is 0 Å². The Morgan fingerprint density at radius 3 is 2.87 bits per heavy atom. The van der Waals surface area contributed by atoms with Crippen molar-refractivity contribution in [2.45, 2.75) is 32.6 Å². The first-order valence-electron chi connectivity index (χ1n) is 5.46. The van der Waals surface area contributed by atoms with E-state index in [0.29, 0.717) is 19.3 Å². The fourth-order valence-electron chi connectivity index (χ4n) is 2.05. The standard InChI is InChI=1S/C12H18O3/c1-3-4-5-6-9-10(12(14)15-2)7-8-11(9)13/h4-5,9-10H,3,6-8H2,1-2H3/t9-,10?/m0/s1. The molecule has 1 rings (SSSR count). The number of Topliss-reactive ketones (excluding diaryl/α,β-unsaturated/α-hetero) is 1. The van der Waals surface area contributed by atoms with Crippen molar-refractivity contribution in [1.82, 2.24) is 0 Å². The molecule has 0 N–H and O–H groups in total. The average molecular weight is 210 g/mol. The van der Waals surface area contributed by atoms with Gasteiger partial charge in [0.25, 0.3) is 0 Å². The third kappa shape index (κ3) is 2.91. The van der Waals surface area contributed by atoms with Crippen molar-refractivity contribution in [2.24, 2.45) is 11.8 Å². The lowest BCUT2D eigenvalue weighted by Gasteiger charge is -2.13. The molecule has 84 valence electrons. The van der Waals surface area contributed by atoms with Crippen LogP contribution in [0.1, 0.15) is 32.6 Å². The van der Waals surface area contributed by atoms with E-state index < -0.39 is 0 Å². The minimum atomic E-state index is -0.240. The second-order valence-electron chi connectivity index (χ2n) is 3.86. The van der Waals surface area contributed by atoms with Crippen LogP contribution in [0.15, 0.2) is 12.2 Å². The van der Waals surface area contributed by atoms with Gasteiger partial charge in [-0.1, -0.05) is 19.1 Å². The predicted octanol–water partition coefficient (Wildman–Crippen LogP) is 2.11. The molecule has 15 heavy (non-hydrogen) atoms. The SMILES string of the molecule is CCC=CC[C@@H]1C(=O)CCC1C(=O)OC. The predicted molar refractivity (Wildman–Crippen MR) is 57.3 cm³/mol. The lowest BCUT2D eigenvalue weighted by atomic mass is 9.92. The third-order valence-corrected chi connectivity index (χ3v) is 2.90. The summed E-state index contributed by atoms with van der Waals surface area (Å²) in [7, 11) is 1.38. The highest BCUT2D eigenvalue weighted by Crippen LogP contribution is 2.32. The van der Waals surface area contributed by atoms with Crippen LogP contribution in [-0.2, 0) is 14.3 Å². The van der Waals surface area contributed by atoms with Gasteiger partial charge in [-0.3, -0.25) is 9.59 Å². The van der Waals surface area contributed by atoms with E-state index in [1.165, 1.54) is 7.11 Å². The van der Waals surface area contributed by atoms with Crippen LogP contribution in [0.2, 0.25) is 0 Å². The van der Waals surface area contributed by atoms with Gasteiger partial charge in [0.05, 0.1) is 13.0 Å². The molecule has 0 saturated heterocycles. The van der Waals surface area contributed by atoms with Gasteiger partial charge in [0.2, 0.25) is 0 Å². The minimum absolute atomic E-state index is 0.153. The van der Waals surface area contributed by atoms with Crippen LogP contribution in [-0.4, -0.2) is 18.9 Å². The number of rotatable bonds is 4. The summed E-state index contributed by atoms with van der Waals surface area (Å²) < 4.78 is 4.70. The number of hydrogen-bond donors (Lipinski definition) is 0. The van der Waals surface area contributed by atoms with Crippen LogP contribution >= 0.6 is 0 Å². The zero-order valence-corrected chi connectivity index (χ0v) is 9.36. The molecule has 0 aromatic heterocycles. The Morgan fingerprint density at radius 1 is 1.53 bits per heavy atom. The highest BCUT2D eigenvalue weighted by molar-refractivity contribution is 5.90. The Hall–Kier alpha value is -1.12. The normalized spacial score (nSPS) is 26.1. The number of ether oxygens (including phenoxy) is 1. The number of hydrogen-bond acceptors (Lipinski definition) is 3. The van der Waals surface area contributed by atoms with Gasteiger partial charge in [-0.15, -0.1) is 0 Å². The molecule has 0 bridgehead atoms. The largest absolute Gasteiger partial charge is 0.469 e. The Bertz CT molecular complexity index is 268. The molecule has 1 aliphatic rings. The molecule has 1 fully saturated rings. The van der Waals surface area contributed by atoms with Gasteiger partial charge in [-0.05, 0) is 19.3 Å². The minimum Gasteiger partial charge on any atom is -0.469 e. The van der Waals surface area contributed by atoms with Crippen LogP contribution in [0.25, 0.3) is 0 Å². The maximum Gasteiger partial charge on any atom is 0.309 e. The van der Waals surface area contributed by atoms with Crippen molar-refractivity contribution in [3.63, 3.8) is 0 Å². The van der Waals surface area contributed by atoms with Gasteiger partial charge < -0.3 is 4.74 Å². The molecular weight excluding hydrogens is 192 g/mol. The van der Waals surface area contributed by atoms with Crippen molar-refractivity contribution in [1.29, 1.82) is 0 Å². The Balaban J connectivity index is 2.60. The lowest BCUT2D eigenvalue weighted by molar-refractivity contribution is -0.147. The van der Waals surface area contributed by atoms with Crippen molar-refractivity contribution in [2.75, 3.05) is 7.11 Å². The lowest BCUT2D eigenvalue weighted by Crippen LogP contribution is -2.23. The van der Waals surface area contributed by atoms with E-state index in [9.17, 15) is 9.59 Å². The molecule has 0 aromatic carbocycles. The van der Waals surface area contributed by atoms with E-state index in [0.717, 1.165) is 6.42 Å². The number of allylic oxidation sites excluding steroid dienone is 2. The van der Waals surface area contributed by atoms with Crippen LogP contribution in [0.4, 0.5) is 0 Å². The first kappa shape index (κ1) is 12.0. The Labute approximate surface area is 90.5 Å². The van der Waals surface area contributed by atoms with Crippen LogP contribution in [0, 0.1) is 11.8 Å². The van der Waals surface area contributed by atoms with Crippen molar-refractivity contribution in [3.05, 3.63) is 12.2 Å². The molecule has 0 heterocycles. The summed E-state index contributed by atoms with van der Waals surface area (Å²) in [5, 5.41) is 0. The summed E-state index contributed by atoms with van der Waals surface area (Å²) in [5.41, 5.74) is 0. The smallest absolute Gasteiger partial charge is 0.309 e. The van der Waals surface area contributed by atoms with Gasteiger partial charge in [-0.25, -0.2) is 0 Å². The van der Waals surface area contributed by atoms with E-state index in [-0.39, 0.29) is 23.6 Å². The Morgan fingerprint density at radius 2 is 2.27 bits per heavy atom. The topological polar surface area (TPSA) is 43.4 Å². The monoisotopic (exact) mass is 210 g/mol. The highest BCUT2D eigenvalue weighted by Gasteiger charge is 2.38. The maximum atomic E-state index is 11.6. The molecule has 0 aromatic rings. The third-order valence-electron chi connectivity index (χ3n) is 2.90. The van der Waals surface area contributed by atoms with Gasteiger partial charge in [0.1, 0.15) is 5.78 Å². The number of methoxy groups -OCH3 is 1. The van der Waals surface area contributed by atoms with E-state index in [1.807, 2.05) is 19.1 Å². The summed E-state index contributed by atoms with van der Waals surface area (Å²) in [4.78, 5) is 23.0. The molecule has 3 heteroatoms. The maximum absolute atomic E-state index is 11.6. The Kier molecular flexibility index (Phi) is 4.53. The van der Waals surface area contributed by atoms with Gasteiger partial charge in [-0.2, -0.15) is 0 Å². The fourth-order valence-corrected chi connectivity index (χ4v) is 2.05. The summed E-state index contributed by atoms with van der Waals surface area (Å²) >= 11 is 0. The van der Waals surface area contributed by atoms with Gasteiger partial charge >= 0.3 is 5.97 Å². The first-order valence-corrected chi connectivity index (χ1v) is 5.46. The second kappa shape index (κ2) is 5.69. The fraction of sp³-hybridized carbons (Fsp3) is 0.667. The summed E-state index contributed by atoms with van der Waals surface area (Å²) in [6.07, 6.45) is 6.82. The molecule has 1 saturated carbocycles. The van der Waals surface area contributed by atoms with E-state index >= 15 is 0 Å². The molecule has 2 atom stereocenters. The molecule has 1 aliphatic carbocycles. The van der Waals surface area contributed by atoms with E-state index in [2.05, 4.69) is 0 Å². The van der Waals surface area contributed by atoms with Crippen molar-refractivity contribution >= 4 is 11.8 Å². The zero-order valence-electron chi connectivity index (χ0n) is 9.36. The number of ketones is 1. The van der Waals surface area contributed by atoms with Crippen molar-refractivity contribution in [3.8, 4) is 0 Å². The highest BCUT2D eigenvalue weighted by atomic mass is 16.5. The number of esters is 1. The summed E-state index contributed by atoms with van der Waals surface area (Å²) in [5.74, 6) is -0.411. The number of carbonyl (C=O) groups is 2. The molecule has 0 spiro atoms. The van der Waals surface area contributed by atoms with Crippen LogP contribution in [0.3, 0.4) is 0 Å². The molecule has 3 nitrogen and oxygen atoms in total. The first-order chi connectivity index (χ1) is 7.20. The molecule has 1 unspecified atom stereocenters. The molecule has 0 aliphatic heterocycles. The van der Waals surface area contributed by atoms with Crippen LogP contribution in [0.5, 0.6) is 0 Å². The van der Waals surface area contributed by atoms with Gasteiger partial charge in [0.15, 0.2) is 0 Å².